The summed E-state index contributed by atoms with van der Waals surface area (Å²) in [6.45, 7) is 0. The van der Waals surface area contributed by atoms with E-state index in [-0.39, 0.29) is 11.5 Å². The van der Waals surface area contributed by atoms with Crippen molar-refractivity contribution in [3.05, 3.63) is 23.8 Å². The van der Waals surface area contributed by atoms with Crippen LogP contribution in [-0.2, 0) is 3.07 Å². The molecule has 0 amide bonds. The van der Waals surface area contributed by atoms with Gasteiger partial charge in [-0.25, -0.2) is 4.79 Å². The summed E-state index contributed by atoms with van der Waals surface area (Å²) in [7, 11) is 1.41. The zero-order valence-corrected chi connectivity index (χ0v) is 8.94. The van der Waals surface area contributed by atoms with Crippen LogP contribution in [0.4, 0.5) is 0 Å². The van der Waals surface area contributed by atoms with Crippen molar-refractivity contribution in [2.24, 2.45) is 0 Å². The normalized spacial score (nSPS) is 9.38. The van der Waals surface area contributed by atoms with Gasteiger partial charge in [0.1, 0.15) is 0 Å². The molecule has 0 unspecified atom stereocenters. The van der Waals surface area contributed by atoms with Crippen molar-refractivity contribution < 1.29 is 17.7 Å². The highest BCUT2D eigenvalue weighted by molar-refractivity contribution is 14.1. The predicted molar refractivity (Wildman–Crippen MR) is 54.1 cm³/mol. The van der Waals surface area contributed by atoms with Gasteiger partial charge in [0.15, 0.2) is 34.5 Å². The van der Waals surface area contributed by atoms with Crippen LogP contribution in [-0.4, -0.2) is 18.2 Å². The van der Waals surface area contributed by atoms with E-state index in [1.165, 1.54) is 48.3 Å². The molecule has 70 valence electrons. The van der Waals surface area contributed by atoms with E-state index in [1.54, 1.807) is 0 Å². The molecule has 0 bridgehead atoms. The molecule has 0 aromatic heterocycles. The first-order valence-corrected chi connectivity index (χ1v) is 4.27. The Balaban J connectivity index is 3.06. The Bertz CT molecular complexity index is 324. The molecule has 0 saturated heterocycles. The summed E-state index contributed by atoms with van der Waals surface area (Å²) in [6, 6.07) is 4.25. The number of carbonyl (C=O) groups is 1. The van der Waals surface area contributed by atoms with E-state index >= 15 is 0 Å². The molecule has 0 aliphatic rings. The first-order valence-electron chi connectivity index (χ1n) is 3.39. The topological polar surface area (TPSA) is 55.8 Å². The van der Waals surface area contributed by atoms with Gasteiger partial charge < -0.3 is 12.9 Å². The lowest BCUT2D eigenvalue weighted by Crippen LogP contribution is -1.97. The molecule has 13 heavy (non-hydrogen) atoms. The zero-order valence-electron chi connectivity index (χ0n) is 6.78. The molecule has 1 rings (SSSR count). The Morgan fingerprint density at radius 3 is 2.77 bits per heavy atom. The Morgan fingerprint density at radius 2 is 2.23 bits per heavy atom. The van der Waals surface area contributed by atoms with Crippen LogP contribution in [0.2, 0.25) is 0 Å². The monoisotopic (exact) mass is 294 g/mol. The number of phenolic OH excluding ortho intramolecular Hbond substituents is 1. The number of rotatable bonds is 2. The predicted octanol–water partition coefficient (Wildman–Crippen LogP) is 1.91. The number of hydrogen-bond donors (Lipinski definition) is 1. The minimum absolute atomic E-state index is 0.00694. The maximum absolute atomic E-state index is 11.0. The number of benzene rings is 1. The molecule has 0 aliphatic heterocycles. The third kappa shape index (κ3) is 2.24. The molecule has 0 fully saturated rings. The number of hydrogen-bond acceptors (Lipinski definition) is 4. The SMILES string of the molecule is COc1cc(C(=O)OI)ccc1O. The van der Waals surface area contributed by atoms with E-state index in [4.69, 9.17) is 4.74 Å². The molecule has 0 radical (unpaired) electrons. The number of phenols is 1. The van der Waals surface area contributed by atoms with Crippen molar-refractivity contribution in [1.82, 2.24) is 0 Å². The summed E-state index contributed by atoms with van der Waals surface area (Å²) >= 11 is 1.50. The molecule has 1 aromatic rings. The number of aromatic hydroxyl groups is 1. The summed E-state index contributed by atoms with van der Waals surface area (Å²) in [5.41, 5.74) is 0.337. The Labute approximate surface area is 89.2 Å². The first kappa shape index (κ1) is 10.1. The number of ether oxygens (including phenoxy) is 1. The fourth-order valence-corrected chi connectivity index (χ4v) is 1.10. The lowest BCUT2D eigenvalue weighted by Gasteiger charge is -2.03. The average Bonchev–Trinajstić information content (AvgIpc) is 2.17. The molecule has 0 aliphatic carbocycles. The van der Waals surface area contributed by atoms with Gasteiger partial charge in [-0.05, 0) is 18.2 Å². The number of carbonyl (C=O) groups excluding carboxylic acids is 1. The summed E-state index contributed by atoms with van der Waals surface area (Å²) < 4.78 is 9.29. The maximum Gasteiger partial charge on any atom is 0.347 e. The summed E-state index contributed by atoms with van der Waals surface area (Å²) in [6.07, 6.45) is 0. The van der Waals surface area contributed by atoms with E-state index in [0.29, 0.717) is 5.56 Å². The fourth-order valence-electron chi connectivity index (χ4n) is 0.849. The second kappa shape index (κ2) is 4.31. The van der Waals surface area contributed by atoms with Gasteiger partial charge in [-0.1, -0.05) is 0 Å². The van der Waals surface area contributed by atoms with Crippen molar-refractivity contribution in [2.45, 2.75) is 0 Å². The van der Waals surface area contributed by atoms with Crippen LogP contribution in [0.5, 0.6) is 11.5 Å². The van der Waals surface area contributed by atoms with E-state index in [2.05, 4.69) is 3.07 Å². The van der Waals surface area contributed by atoms with Gasteiger partial charge in [0, 0.05) is 0 Å². The van der Waals surface area contributed by atoms with Crippen molar-refractivity contribution in [1.29, 1.82) is 0 Å². The molecule has 5 heteroatoms. The van der Waals surface area contributed by atoms with E-state index in [0.717, 1.165) is 0 Å². The van der Waals surface area contributed by atoms with Crippen LogP contribution in [0.25, 0.3) is 0 Å². The van der Waals surface area contributed by atoms with Crippen molar-refractivity contribution in [2.75, 3.05) is 7.11 Å². The molecule has 1 aromatic carbocycles. The van der Waals surface area contributed by atoms with E-state index in [9.17, 15) is 9.90 Å². The second-order valence-corrected chi connectivity index (χ2v) is 2.69. The van der Waals surface area contributed by atoms with Crippen LogP contribution < -0.4 is 4.74 Å². The largest absolute Gasteiger partial charge is 0.504 e. The van der Waals surface area contributed by atoms with E-state index < -0.39 is 5.97 Å². The van der Waals surface area contributed by atoms with Gasteiger partial charge >= 0.3 is 5.97 Å². The lowest BCUT2D eigenvalue weighted by atomic mass is 10.2. The summed E-state index contributed by atoms with van der Waals surface area (Å²) in [5, 5.41) is 9.21. The zero-order chi connectivity index (χ0) is 9.84. The summed E-state index contributed by atoms with van der Waals surface area (Å²) in [5.74, 6) is -0.231. The smallest absolute Gasteiger partial charge is 0.347 e. The van der Waals surface area contributed by atoms with Crippen molar-refractivity contribution in [3.8, 4) is 11.5 Å². The molecule has 0 spiro atoms. The van der Waals surface area contributed by atoms with Crippen LogP contribution in [0.15, 0.2) is 18.2 Å². The minimum Gasteiger partial charge on any atom is -0.504 e. The van der Waals surface area contributed by atoms with Gasteiger partial charge in [-0.15, -0.1) is 0 Å². The molecule has 1 N–H and O–H groups in total. The van der Waals surface area contributed by atoms with Gasteiger partial charge in [0.2, 0.25) is 0 Å². The van der Waals surface area contributed by atoms with Crippen molar-refractivity contribution >= 4 is 29.0 Å². The third-order valence-electron chi connectivity index (χ3n) is 1.49. The highest BCUT2D eigenvalue weighted by Crippen LogP contribution is 2.26. The van der Waals surface area contributed by atoms with Crippen LogP contribution >= 0.6 is 23.0 Å². The third-order valence-corrected chi connectivity index (χ3v) is 1.89. The highest BCUT2D eigenvalue weighted by Gasteiger charge is 2.09. The molecule has 4 nitrogen and oxygen atoms in total. The van der Waals surface area contributed by atoms with Crippen LogP contribution in [0.3, 0.4) is 0 Å². The molecule has 0 heterocycles. The molecule has 0 saturated carbocycles. The Morgan fingerprint density at radius 1 is 1.54 bits per heavy atom. The van der Waals surface area contributed by atoms with Crippen LogP contribution in [0, 0.1) is 0 Å². The van der Waals surface area contributed by atoms with Crippen LogP contribution in [0.1, 0.15) is 10.4 Å². The maximum atomic E-state index is 11.0. The van der Waals surface area contributed by atoms with Crippen molar-refractivity contribution in [3.63, 3.8) is 0 Å². The van der Waals surface area contributed by atoms with Gasteiger partial charge in [-0.2, -0.15) is 0 Å². The highest BCUT2D eigenvalue weighted by atomic mass is 127. The summed E-state index contributed by atoms with van der Waals surface area (Å²) in [4.78, 5) is 11.0. The lowest BCUT2D eigenvalue weighted by molar-refractivity contribution is 0.0800. The Hall–Kier alpha value is -0.980. The van der Waals surface area contributed by atoms with Gasteiger partial charge in [0.25, 0.3) is 0 Å². The molecular weight excluding hydrogens is 287 g/mol. The molecule has 0 atom stereocenters. The standard InChI is InChI=1S/C8H7IO4/c1-12-7-4-5(8(11)13-9)2-3-6(7)10/h2-4,10H,1H3. The first-order chi connectivity index (χ1) is 6.19. The number of halogens is 1. The number of methoxy groups -OCH3 is 1. The van der Waals surface area contributed by atoms with Gasteiger partial charge in [-0.3, -0.25) is 0 Å². The molecular formula is C8H7IO4. The van der Waals surface area contributed by atoms with Gasteiger partial charge in [0.05, 0.1) is 12.7 Å². The average molecular weight is 294 g/mol. The Kier molecular flexibility index (Phi) is 3.35. The quantitative estimate of drug-likeness (QED) is 0.847. The second-order valence-electron chi connectivity index (χ2n) is 2.25. The fraction of sp³-hybridized carbons (Fsp3) is 0.125. The minimum atomic E-state index is -0.473. The van der Waals surface area contributed by atoms with E-state index in [1.807, 2.05) is 0 Å².